The van der Waals surface area contributed by atoms with Crippen molar-refractivity contribution in [3.63, 3.8) is 0 Å². The standard InChI is InChI=1S/C22H34BNO4/c1-20(2,3)26-19(25)24-18-11-9-8-10-15-14-16(12-13-17(15)18)23-27-21(4,5)22(6,7)28-23/h12-14,18H,8-11H2,1-7H3,(H,24,25)/t18-/m1/s1. The summed E-state index contributed by atoms with van der Waals surface area (Å²) in [6.07, 6.45) is 3.73. The lowest BCUT2D eigenvalue weighted by Gasteiger charge is -2.32. The van der Waals surface area contributed by atoms with Gasteiger partial charge in [0.2, 0.25) is 0 Å². The summed E-state index contributed by atoms with van der Waals surface area (Å²) in [6, 6.07) is 6.34. The van der Waals surface area contributed by atoms with Crippen LogP contribution in [0.4, 0.5) is 4.79 Å². The van der Waals surface area contributed by atoms with Crippen molar-refractivity contribution in [3.05, 3.63) is 29.3 Å². The lowest BCUT2D eigenvalue weighted by atomic mass is 9.77. The molecule has 1 aliphatic carbocycles. The van der Waals surface area contributed by atoms with Crippen LogP contribution in [0.15, 0.2) is 18.2 Å². The van der Waals surface area contributed by atoms with Crippen LogP contribution in [0.25, 0.3) is 0 Å². The highest BCUT2D eigenvalue weighted by atomic mass is 16.7. The molecule has 0 unspecified atom stereocenters. The molecule has 0 saturated carbocycles. The van der Waals surface area contributed by atoms with Crippen LogP contribution in [-0.4, -0.2) is 30.0 Å². The number of hydrogen-bond donors (Lipinski definition) is 1. The molecule has 1 N–H and O–H groups in total. The molecule has 1 aliphatic heterocycles. The van der Waals surface area contributed by atoms with Crippen molar-refractivity contribution >= 4 is 18.7 Å². The SMILES string of the molecule is CC(C)(C)OC(=O)N[C@@H]1CCCCc2cc(B3OC(C)(C)C(C)(C)O3)ccc21. The average molecular weight is 387 g/mol. The lowest BCUT2D eigenvalue weighted by Crippen LogP contribution is -2.41. The molecule has 3 rings (SSSR count). The van der Waals surface area contributed by atoms with Gasteiger partial charge < -0.3 is 19.4 Å². The molecular formula is C22H34BNO4. The molecule has 1 saturated heterocycles. The number of fused-ring (bicyclic) bond motifs is 1. The summed E-state index contributed by atoms with van der Waals surface area (Å²) >= 11 is 0. The van der Waals surface area contributed by atoms with E-state index < -0.39 is 5.60 Å². The van der Waals surface area contributed by atoms with Gasteiger partial charge in [-0.2, -0.15) is 0 Å². The molecule has 2 aliphatic rings. The van der Waals surface area contributed by atoms with E-state index in [1.54, 1.807) is 0 Å². The number of nitrogens with one attached hydrogen (secondary N) is 1. The second-order valence-corrected chi connectivity index (χ2v) is 9.99. The Balaban J connectivity index is 1.81. The van der Waals surface area contributed by atoms with Crippen molar-refractivity contribution in [1.29, 1.82) is 0 Å². The minimum Gasteiger partial charge on any atom is -0.444 e. The molecule has 154 valence electrons. The number of amides is 1. The number of hydrogen-bond acceptors (Lipinski definition) is 4. The predicted molar refractivity (Wildman–Crippen MR) is 112 cm³/mol. The molecule has 1 fully saturated rings. The van der Waals surface area contributed by atoms with E-state index in [-0.39, 0.29) is 30.5 Å². The summed E-state index contributed by atoms with van der Waals surface area (Å²) in [4.78, 5) is 12.3. The summed E-state index contributed by atoms with van der Waals surface area (Å²) in [7, 11) is -0.365. The van der Waals surface area contributed by atoms with Gasteiger partial charge >= 0.3 is 13.2 Å². The normalized spacial score (nSPS) is 23.7. The summed E-state index contributed by atoms with van der Waals surface area (Å²) in [5.41, 5.74) is 2.25. The van der Waals surface area contributed by atoms with E-state index >= 15 is 0 Å². The monoisotopic (exact) mass is 387 g/mol. The van der Waals surface area contributed by atoms with Gasteiger partial charge in [-0.05, 0) is 84.3 Å². The van der Waals surface area contributed by atoms with Gasteiger partial charge in [0.1, 0.15) is 5.60 Å². The topological polar surface area (TPSA) is 56.8 Å². The summed E-state index contributed by atoms with van der Waals surface area (Å²) in [6.45, 7) is 13.9. The van der Waals surface area contributed by atoms with Gasteiger partial charge in [-0.25, -0.2) is 4.79 Å². The Morgan fingerprint density at radius 3 is 2.39 bits per heavy atom. The van der Waals surface area contributed by atoms with E-state index in [4.69, 9.17) is 14.0 Å². The first kappa shape index (κ1) is 21.2. The van der Waals surface area contributed by atoms with E-state index in [0.29, 0.717) is 0 Å². The Morgan fingerprint density at radius 1 is 1.14 bits per heavy atom. The Bertz CT molecular complexity index is 723. The van der Waals surface area contributed by atoms with Gasteiger partial charge in [0.05, 0.1) is 17.2 Å². The van der Waals surface area contributed by atoms with Crippen LogP contribution in [-0.2, 0) is 20.5 Å². The second-order valence-electron chi connectivity index (χ2n) is 9.99. The number of carbonyl (C=O) groups is 1. The average Bonchev–Trinajstić information content (AvgIpc) is 2.68. The van der Waals surface area contributed by atoms with Crippen LogP contribution in [0.3, 0.4) is 0 Å². The van der Waals surface area contributed by atoms with Crippen molar-refractivity contribution < 1.29 is 18.8 Å². The third-order valence-electron chi connectivity index (χ3n) is 5.95. The first-order chi connectivity index (χ1) is 12.9. The smallest absolute Gasteiger partial charge is 0.444 e. The number of benzene rings is 1. The fourth-order valence-electron chi connectivity index (χ4n) is 3.73. The lowest BCUT2D eigenvalue weighted by molar-refractivity contribution is 0.00578. The largest absolute Gasteiger partial charge is 0.494 e. The Morgan fingerprint density at radius 2 is 1.79 bits per heavy atom. The van der Waals surface area contributed by atoms with Crippen molar-refractivity contribution in [2.75, 3.05) is 0 Å². The molecule has 6 heteroatoms. The van der Waals surface area contributed by atoms with E-state index in [1.807, 2.05) is 20.8 Å². The minimum absolute atomic E-state index is 0.0281. The molecule has 0 aromatic heterocycles. The van der Waals surface area contributed by atoms with Gasteiger partial charge in [0, 0.05) is 0 Å². The zero-order chi connectivity index (χ0) is 20.7. The predicted octanol–water partition coefficient (Wildman–Crippen LogP) is 4.28. The second kappa shape index (κ2) is 7.38. The number of rotatable bonds is 2. The van der Waals surface area contributed by atoms with Crippen molar-refractivity contribution in [1.82, 2.24) is 5.32 Å². The molecular weight excluding hydrogens is 353 g/mol. The van der Waals surface area contributed by atoms with Gasteiger partial charge in [0.25, 0.3) is 0 Å². The Hall–Kier alpha value is -1.53. The van der Waals surface area contributed by atoms with Gasteiger partial charge in [-0.15, -0.1) is 0 Å². The van der Waals surface area contributed by atoms with Crippen LogP contribution >= 0.6 is 0 Å². The van der Waals surface area contributed by atoms with Crippen LogP contribution in [0, 0.1) is 0 Å². The van der Waals surface area contributed by atoms with Crippen molar-refractivity contribution in [3.8, 4) is 0 Å². The Kier molecular flexibility index (Phi) is 5.58. The number of alkyl carbamates (subject to hydrolysis) is 1. The zero-order valence-electron chi connectivity index (χ0n) is 18.3. The third kappa shape index (κ3) is 4.55. The molecule has 0 bridgehead atoms. The fourth-order valence-corrected chi connectivity index (χ4v) is 3.73. The summed E-state index contributed by atoms with van der Waals surface area (Å²) in [5.74, 6) is 0. The highest BCUT2D eigenvalue weighted by Crippen LogP contribution is 2.37. The summed E-state index contributed by atoms with van der Waals surface area (Å²) < 4.78 is 17.9. The molecule has 1 atom stereocenters. The van der Waals surface area contributed by atoms with Crippen LogP contribution < -0.4 is 10.8 Å². The Labute approximate surface area is 169 Å². The number of ether oxygens (including phenoxy) is 1. The van der Waals surface area contributed by atoms with Crippen LogP contribution in [0.1, 0.15) is 84.9 Å². The van der Waals surface area contributed by atoms with Crippen molar-refractivity contribution in [2.45, 2.75) is 97.0 Å². The molecule has 0 spiro atoms. The molecule has 1 amide bonds. The van der Waals surface area contributed by atoms with Gasteiger partial charge in [-0.3, -0.25) is 0 Å². The zero-order valence-corrected chi connectivity index (χ0v) is 18.3. The molecule has 1 aromatic carbocycles. The third-order valence-corrected chi connectivity index (χ3v) is 5.95. The van der Waals surface area contributed by atoms with Crippen molar-refractivity contribution in [2.24, 2.45) is 0 Å². The highest BCUT2D eigenvalue weighted by molar-refractivity contribution is 6.62. The molecule has 5 nitrogen and oxygen atoms in total. The molecule has 28 heavy (non-hydrogen) atoms. The molecule has 0 radical (unpaired) electrons. The van der Waals surface area contributed by atoms with Crippen LogP contribution in [0.5, 0.6) is 0 Å². The van der Waals surface area contributed by atoms with Gasteiger partial charge in [-0.1, -0.05) is 24.6 Å². The first-order valence-electron chi connectivity index (χ1n) is 10.4. The minimum atomic E-state index is -0.502. The number of carbonyl (C=O) groups excluding carboxylic acids is 1. The van der Waals surface area contributed by atoms with E-state index in [1.165, 1.54) is 11.1 Å². The maximum absolute atomic E-state index is 12.3. The van der Waals surface area contributed by atoms with Crippen LogP contribution in [0.2, 0.25) is 0 Å². The maximum Gasteiger partial charge on any atom is 0.494 e. The quantitative estimate of drug-likeness (QED) is 0.608. The highest BCUT2D eigenvalue weighted by Gasteiger charge is 2.51. The fraction of sp³-hybridized carbons (Fsp3) is 0.682. The molecule has 1 aromatic rings. The van der Waals surface area contributed by atoms with E-state index in [9.17, 15) is 4.79 Å². The number of aryl methyl sites for hydroxylation is 1. The summed E-state index contributed by atoms with van der Waals surface area (Å²) in [5, 5.41) is 3.06. The maximum atomic E-state index is 12.3. The molecule has 1 heterocycles. The van der Waals surface area contributed by atoms with E-state index in [2.05, 4.69) is 51.2 Å². The van der Waals surface area contributed by atoms with E-state index in [0.717, 1.165) is 31.1 Å². The van der Waals surface area contributed by atoms with Gasteiger partial charge in [0.15, 0.2) is 0 Å². The first-order valence-corrected chi connectivity index (χ1v) is 10.4.